The van der Waals surface area contributed by atoms with Crippen LogP contribution in [0.4, 0.5) is 8.78 Å². The van der Waals surface area contributed by atoms with E-state index >= 15 is 0 Å². The fourth-order valence-corrected chi connectivity index (χ4v) is 2.40. The highest BCUT2D eigenvalue weighted by atomic mass is 19.1. The summed E-state index contributed by atoms with van der Waals surface area (Å²) in [6.45, 7) is 1.76. The average Bonchev–Trinajstić information content (AvgIpc) is 2.61. The van der Waals surface area contributed by atoms with Crippen molar-refractivity contribution in [1.29, 1.82) is 0 Å². The number of hydrogen-bond donors (Lipinski definition) is 0. The highest BCUT2D eigenvalue weighted by Gasteiger charge is 2.10. The normalized spacial score (nSPS) is 12.3. The standard InChI is InChI=1S/C21H17F2NO/c1-15(20-11-10-17(22)13-21(20)23)24-14-16-6-5-9-19(12-16)25-18-7-3-2-4-8-18/h2-15H,1H3. The zero-order valence-corrected chi connectivity index (χ0v) is 13.7. The zero-order valence-electron chi connectivity index (χ0n) is 13.7. The van der Waals surface area contributed by atoms with Crippen LogP contribution in [0.3, 0.4) is 0 Å². The summed E-state index contributed by atoms with van der Waals surface area (Å²) in [6, 6.07) is 20.0. The van der Waals surface area contributed by atoms with Crippen LogP contribution < -0.4 is 4.74 Å². The summed E-state index contributed by atoms with van der Waals surface area (Å²) in [7, 11) is 0. The number of halogens is 2. The maximum absolute atomic E-state index is 13.8. The highest BCUT2D eigenvalue weighted by molar-refractivity contribution is 5.80. The molecule has 0 aromatic heterocycles. The zero-order chi connectivity index (χ0) is 17.6. The molecule has 3 aromatic rings. The van der Waals surface area contributed by atoms with Crippen molar-refractivity contribution in [2.24, 2.45) is 4.99 Å². The number of aliphatic imine (C=N–C) groups is 1. The molecule has 0 N–H and O–H groups in total. The van der Waals surface area contributed by atoms with Crippen molar-refractivity contribution < 1.29 is 13.5 Å². The summed E-state index contributed by atoms with van der Waals surface area (Å²) < 4.78 is 32.6. The first-order valence-corrected chi connectivity index (χ1v) is 7.93. The van der Waals surface area contributed by atoms with E-state index in [1.165, 1.54) is 12.1 Å². The Morgan fingerprint density at radius 2 is 1.64 bits per heavy atom. The van der Waals surface area contributed by atoms with Crippen molar-refractivity contribution in [3.63, 3.8) is 0 Å². The third-order valence-electron chi connectivity index (χ3n) is 3.70. The Bertz CT molecular complexity index is 878. The molecule has 0 bridgehead atoms. The van der Waals surface area contributed by atoms with E-state index in [0.717, 1.165) is 17.4 Å². The molecule has 1 unspecified atom stereocenters. The van der Waals surface area contributed by atoms with Gasteiger partial charge in [0.15, 0.2) is 0 Å². The molecule has 0 amide bonds. The van der Waals surface area contributed by atoms with Gasteiger partial charge in [0.25, 0.3) is 0 Å². The first-order chi connectivity index (χ1) is 12.1. The van der Waals surface area contributed by atoms with E-state index in [2.05, 4.69) is 4.99 Å². The number of ether oxygens (including phenoxy) is 1. The molecular weight excluding hydrogens is 320 g/mol. The fourth-order valence-electron chi connectivity index (χ4n) is 2.40. The van der Waals surface area contributed by atoms with E-state index in [4.69, 9.17) is 4.74 Å². The van der Waals surface area contributed by atoms with Gasteiger partial charge < -0.3 is 4.74 Å². The van der Waals surface area contributed by atoms with Crippen LogP contribution in [0.15, 0.2) is 77.8 Å². The van der Waals surface area contributed by atoms with Crippen molar-refractivity contribution in [3.05, 3.63) is 95.6 Å². The molecule has 126 valence electrons. The lowest BCUT2D eigenvalue weighted by Gasteiger charge is -2.08. The van der Waals surface area contributed by atoms with Gasteiger partial charge in [0, 0.05) is 17.8 Å². The van der Waals surface area contributed by atoms with Gasteiger partial charge in [-0.15, -0.1) is 0 Å². The Labute approximate surface area is 145 Å². The van der Waals surface area contributed by atoms with E-state index in [1.807, 2.05) is 54.6 Å². The maximum atomic E-state index is 13.8. The van der Waals surface area contributed by atoms with E-state index in [1.54, 1.807) is 13.1 Å². The summed E-state index contributed by atoms with van der Waals surface area (Å²) in [4.78, 5) is 4.36. The Morgan fingerprint density at radius 1 is 0.880 bits per heavy atom. The van der Waals surface area contributed by atoms with Gasteiger partial charge in [0.05, 0.1) is 6.04 Å². The predicted octanol–water partition coefficient (Wildman–Crippen LogP) is 5.94. The molecule has 3 rings (SSSR count). The third kappa shape index (κ3) is 4.51. The van der Waals surface area contributed by atoms with E-state index in [-0.39, 0.29) is 0 Å². The second kappa shape index (κ2) is 7.71. The Balaban J connectivity index is 1.74. The molecule has 4 heteroatoms. The minimum absolute atomic E-state index is 0.356. The first-order valence-electron chi connectivity index (χ1n) is 7.93. The molecule has 0 spiro atoms. The molecule has 0 aliphatic rings. The van der Waals surface area contributed by atoms with Crippen molar-refractivity contribution >= 4 is 6.21 Å². The van der Waals surface area contributed by atoms with Crippen LogP contribution in [0, 0.1) is 11.6 Å². The quantitative estimate of drug-likeness (QED) is 0.528. The lowest BCUT2D eigenvalue weighted by atomic mass is 10.1. The SMILES string of the molecule is CC(N=Cc1cccc(Oc2ccccc2)c1)c1ccc(F)cc1F. The van der Waals surface area contributed by atoms with E-state index in [0.29, 0.717) is 11.3 Å². The Kier molecular flexibility index (Phi) is 5.19. The molecule has 0 saturated heterocycles. The van der Waals surface area contributed by atoms with Crippen LogP contribution in [0.25, 0.3) is 0 Å². The molecule has 0 fully saturated rings. The summed E-state index contributed by atoms with van der Waals surface area (Å²) in [6.07, 6.45) is 1.66. The van der Waals surface area contributed by atoms with Gasteiger partial charge in [-0.3, -0.25) is 4.99 Å². The van der Waals surface area contributed by atoms with Gasteiger partial charge >= 0.3 is 0 Å². The van der Waals surface area contributed by atoms with Gasteiger partial charge in [-0.25, -0.2) is 8.78 Å². The third-order valence-corrected chi connectivity index (χ3v) is 3.70. The minimum Gasteiger partial charge on any atom is -0.457 e. The summed E-state index contributed by atoms with van der Waals surface area (Å²) in [5.41, 5.74) is 1.19. The fraction of sp³-hybridized carbons (Fsp3) is 0.0952. The molecule has 0 aliphatic heterocycles. The number of hydrogen-bond acceptors (Lipinski definition) is 2. The van der Waals surface area contributed by atoms with E-state index < -0.39 is 17.7 Å². The van der Waals surface area contributed by atoms with Crippen LogP contribution in [-0.4, -0.2) is 6.21 Å². The maximum Gasteiger partial charge on any atom is 0.131 e. The van der Waals surface area contributed by atoms with Gasteiger partial charge in [-0.05, 0) is 42.8 Å². The monoisotopic (exact) mass is 337 g/mol. The summed E-state index contributed by atoms with van der Waals surface area (Å²) in [5.74, 6) is 0.253. The van der Waals surface area contributed by atoms with Crippen LogP contribution in [0.5, 0.6) is 11.5 Å². The highest BCUT2D eigenvalue weighted by Crippen LogP contribution is 2.23. The first kappa shape index (κ1) is 16.8. The lowest BCUT2D eigenvalue weighted by Crippen LogP contribution is -1.96. The number of nitrogens with zero attached hydrogens (tertiary/aromatic N) is 1. The van der Waals surface area contributed by atoms with Crippen molar-refractivity contribution in [2.75, 3.05) is 0 Å². The van der Waals surface area contributed by atoms with Crippen LogP contribution >= 0.6 is 0 Å². The summed E-state index contributed by atoms with van der Waals surface area (Å²) >= 11 is 0. The largest absolute Gasteiger partial charge is 0.457 e. The van der Waals surface area contributed by atoms with Crippen molar-refractivity contribution in [2.45, 2.75) is 13.0 Å². The van der Waals surface area contributed by atoms with Gasteiger partial charge in [0.1, 0.15) is 23.1 Å². The Morgan fingerprint density at radius 3 is 2.40 bits per heavy atom. The van der Waals surface area contributed by atoms with E-state index in [9.17, 15) is 8.78 Å². The summed E-state index contributed by atoms with van der Waals surface area (Å²) in [5, 5.41) is 0. The van der Waals surface area contributed by atoms with Gasteiger partial charge in [-0.2, -0.15) is 0 Å². The molecule has 25 heavy (non-hydrogen) atoms. The smallest absolute Gasteiger partial charge is 0.131 e. The molecular formula is C21H17F2NO. The molecule has 1 atom stereocenters. The number of benzene rings is 3. The molecule has 0 radical (unpaired) electrons. The minimum atomic E-state index is -0.594. The molecule has 2 nitrogen and oxygen atoms in total. The number of rotatable bonds is 5. The van der Waals surface area contributed by atoms with Crippen LogP contribution in [-0.2, 0) is 0 Å². The molecule has 0 aliphatic carbocycles. The number of para-hydroxylation sites is 1. The average molecular weight is 337 g/mol. The topological polar surface area (TPSA) is 21.6 Å². The molecule has 0 saturated carbocycles. The Hall–Kier alpha value is -3.01. The van der Waals surface area contributed by atoms with Crippen LogP contribution in [0.2, 0.25) is 0 Å². The lowest BCUT2D eigenvalue weighted by molar-refractivity contribution is 0.482. The van der Waals surface area contributed by atoms with Crippen molar-refractivity contribution in [3.8, 4) is 11.5 Å². The second-order valence-corrected chi connectivity index (χ2v) is 5.61. The van der Waals surface area contributed by atoms with Gasteiger partial charge in [0.2, 0.25) is 0 Å². The van der Waals surface area contributed by atoms with Crippen LogP contribution in [0.1, 0.15) is 24.1 Å². The second-order valence-electron chi connectivity index (χ2n) is 5.61. The molecule has 0 heterocycles. The van der Waals surface area contributed by atoms with Gasteiger partial charge in [-0.1, -0.05) is 36.4 Å². The predicted molar refractivity (Wildman–Crippen MR) is 95.3 cm³/mol. The van der Waals surface area contributed by atoms with Crippen molar-refractivity contribution in [1.82, 2.24) is 0 Å². The molecule has 3 aromatic carbocycles.